The van der Waals surface area contributed by atoms with Crippen LogP contribution in [0.15, 0.2) is 0 Å². The number of aliphatic hydroxyl groups excluding tert-OH is 6. The normalized spacial score (nSPS) is 36.4. The number of methoxy groups -OCH3 is 1. The summed E-state index contributed by atoms with van der Waals surface area (Å²) >= 11 is 0. The fourth-order valence-corrected chi connectivity index (χ4v) is 4.02. The Morgan fingerprint density at radius 2 is 1.44 bits per heavy atom. The number of carbonyl (C=O) groups excluding carboxylic acids is 1. The predicted octanol–water partition coefficient (Wildman–Crippen LogP) is -1.44. The maximum atomic E-state index is 11.1. The first-order valence-corrected chi connectivity index (χ1v) is 11.9. The monoisotopic (exact) mass is 496 g/mol. The summed E-state index contributed by atoms with van der Waals surface area (Å²) < 4.78 is 27.0. The van der Waals surface area contributed by atoms with Crippen LogP contribution in [0.5, 0.6) is 0 Å². The topological polar surface area (TPSA) is 185 Å². The molecule has 0 unspecified atom stereocenters. The van der Waals surface area contributed by atoms with Crippen molar-refractivity contribution < 1.29 is 59.1 Å². The Hall–Kier alpha value is -0.930. The van der Waals surface area contributed by atoms with E-state index in [2.05, 4.69) is 4.74 Å². The standard InChI is InChI=1S/C22H40O12/c1-30-17(27)8-6-4-2-3-5-7-9-31-22-20(19(29)18(28)16(12-24)33-22)34-21-14(26)10-13(25)15(11-23)32-21/h13-16,18-26,28-29H,2-12H2,1H3/t13-,14+,15+,16+,18+,19-,20+,21-,22-/m0/s1. The minimum Gasteiger partial charge on any atom is -0.469 e. The summed E-state index contributed by atoms with van der Waals surface area (Å²) in [6, 6.07) is 0. The minimum absolute atomic E-state index is 0.105. The third-order valence-corrected chi connectivity index (χ3v) is 6.12. The molecule has 0 spiro atoms. The number of rotatable bonds is 14. The molecule has 2 saturated heterocycles. The predicted molar refractivity (Wildman–Crippen MR) is 115 cm³/mol. The number of aliphatic hydroxyl groups is 6. The SMILES string of the molecule is COC(=O)CCCCCCCCO[C@H]1O[C@H](CO)[C@@H](O)[C@H](O)[C@H]1O[C@@H]1O[C@H](CO)[C@@H](O)C[C@H]1O. The van der Waals surface area contributed by atoms with Gasteiger partial charge >= 0.3 is 5.97 Å². The highest BCUT2D eigenvalue weighted by Crippen LogP contribution is 2.29. The van der Waals surface area contributed by atoms with Gasteiger partial charge in [-0.25, -0.2) is 0 Å². The van der Waals surface area contributed by atoms with E-state index in [0.29, 0.717) is 12.8 Å². The van der Waals surface area contributed by atoms with Gasteiger partial charge in [-0.2, -0.15) is 0 Å². The summed E-state index contributed by atoms with van der Waals surface area (Å²) in [5, 5.41) is 59.7. The van der Waals surface area contributed by atoms with Crippen LogP contribution in [0.1, 0.15) is 51.4 Å². The van der Waals surface area contributed by atoms with Gasteiger partial charge in [-0.1, -0.05) is 25.7 Å². The van der Waals surface area contributed by atoms with Crippen molar-refractivity contribution in [1.82, 2.24) is 0 Å². The van der Waals surface area contributed by atoms with Crippen LogP contribution in [-0.4, -0.2) is 119 Å². The summed E-state index contributed by atoms with van der Waals surface area (Å²) in [5.74, 6) is -0.208. The zero-order chi connectivity index (χ0) is 25.1. The molecular formula is C22H40O12. The Morgan fingerprint density at radius 1 is 0.824 bits per heavy atom. The zero-order valence-corrected chi connectivity index (χ0v) is 19.6. The van der Waals surface area contributed by atoms with E-state index in [4.69, 9.17) is 18.9 Å². The molecule has 2 aliphatic heterocycles. The van der Waals surface area contributed by atoms with Crippen LogP contribution in [0, 0.1) is 0 Å². The third-order valence-electron chi connectivity index (χ3n) is 6.12. The van der Waals surface area contributed by atoms with Gasteiger partial charge in [0.2, 0.25) is 0 Å². The van der Waals surface area contributed by atoms with Crippen LogP contribution in [0.3, 0.4) is 0 Å². The molecule has 200 valence electrons. The van der Waals surface area contributed by atoms with Gasteiger partial charge in [-0.15, -0.1) is 0 Å². The summed E-state index contributed by atoms with van der Waals surface area (Å²) in [7, 11) is 1.37. The Bertz CT molecular complexity index is 578. The minimum atomic E-state index is -1.50. The van der Waals surface area contributed by atoms with Gasteiger partial charge in [0.15, 0.2) is 12.6 Å². The fourth-order valence-electron chi connectivity index (χ4n) is 4.02. The highest BCUT2D eigenvalue weighted by Gasteiger charge is 2.48. The van der Waals surface area contributed by atoms with Crippen LogP contribution in [0.2, 0.25) is 0 Å². The largest absolute Gasteiger partial charge is 0.469 e. The molecule has 9 atom stereocenters. The number of esters is 1. The summed E-state index contributed by atoms with van der Waals surface area (Å²) in [4.78, 5) is 11.1. The van der Waals surface area contributed by atoms with Crippen molar-refractivity contribution >= 4 is 5.97 Å². The summed E-state index contributed by atoms with van der Waals surface area (Å²) in [6.07, 6.45) is -5.54. The smallest absolute Gasteiger partial charge is 0.305 e. The maximum Gasteiger partial charge on any atom is 0.305 e. The van der Waals surface area contributed by atoms with Gasteiger partial charge in [0, 0.05) is 19.4 Å². The van der Waals surface area contributed by atoms with Crippen LogP contribution < -0.4 is 0 Å². The first-order valence-electron chi connectivity index (χ1n) is 11.9. The van der Waals surface area contributed by atoms with E-state index in [1.807, 2.05) is 0 Å². The summed E-state index contributed by atoms with van der Waals surface area (Å²) in [6.45, 7) is -0.771. The quantitative estimate of drug-likeness (QED) is 0.122. The lowest BCUT2D eigenvalue weighted by atomic mass is 9.98. The molecule has 34 heavy (non-hydrogen) atoms. The number of carbonyl (C=O) groups is 1. The van der Waals surface area contributed by atoms with E-state index in [-0.39, 0.29) is 19.0 Å². The molecule has 0 aromatic heterocycles. The van der Waals surface area contributed by atoms with Crippen molar-refractivity contribution in [3.05, 3.63) is 0 Å². The molecule has 0 saturated carbocycles. The van der Waals surface area contributed by atoms with E-state index in [1.165, 1.54) is 7.11 Å². The second kappa shape index (κ2) is 15.2. The van der Waals surface area contributed by atoms with Crippen molar-refractivity contribution in [3.8, 4) is 0 Å². The van der Waals surface area contributed by atoms with Crippen LogP contribution >= 0.6 is 0 Å². The second-order valence-corrected chi connectivity index (χ2v) is 8.72. The number of hydrogen-bond acceptors (Lipinski definition) is 12. The van der Waals surface area contributed by atoms with Gasteiger partial charge in [0.05, 0.1) is 26.4 Å². The molecule has 6 N–H and O–H groups in total. The molecule has 0 aliphatic carbocycles. The van der Waals surface area contributed by atoms with E-state index >= 15 is 0 Å². The number of unbranched alkanes of at least 4 members (excludes halogenated alkanes) is 5. The third kappa shape index (κ3) is 8.63. The first-order chi connectivity index (χ1) is 16.3. The van der Waals surface area contributed by atoms with Crippen molar-refractivity contribution in [2.75, 3.05) is 26.9 Å². The van der Waals surface area contributed by atoms with E-state index in [0.717, 1.165) is 32.1 Å². The molecule has 2 fully saturated rings. The van der Waals surface area contributed by atoms with Crippen LogP contribution in [0.4, 0.5) is 0 Å². The van der Waals surface area contributed by atoms with Gasteiger partial charge < -0.3 is 54.3 Å². The average molecular weight is 497 g/mol. The molecule has 2 heterocycles. The molecular weight excluding hydrogens is 456 g/mol. The highest BCUT2D eigenvalue weighted by atomic mass is 16.8. The molecule has 0 aromatic rings. The maximum absolute atomic E-state index is 11.1. The van der Waals surface area contributed by atoms with Crippen molar-refractivity contribution in [3.63, 3.8) is 0 Å². The molecule has 12 heteroatoms. The Labute approximate surface area is 199 Å². The molecule has 0 amide bonds. The average Bonchev–Trinajstić information content (AvgIpc) is 2.83. The molecule has 0 bridgehead atoms. The van der Waals surface area contributed by atoms with Crippen molar-refractivity contribution in [2.45, 2.75) is 107 Å². The van der Waals surface area contributed by atoms with Gasteiger partial charge in [-0.3, -0.25) is 4.79 Å². The number of hydrogen-bond donors (Lipinski definition) is 6. The lowest BCUT2D eigenvalue weighted by molar-refractivity contribution is -0.357. The van der Waals surface area contributed by atoms with Gasteiger partial charge in [-0.05, 0) is 12.8 Å². The zero-order valence-electron chi connectivity index (χ0n) is 19.6. The molecule has 12 nitrogen and oxygen atoms in total. The summed E-state index contributed by atoms with van der Waals surface area (Å²) in [5.41, 5.74) is 0. The number of ether oxygens (including phenoxy) is 5. The van der Waals surface area contributed by atoms with Gasteiger partial charge in [0.25, 0.3) is 0 Å². The van der Waals surface area contributed by atoms with E-state index < -0.39 is 68.5 Å². The Kier molecular flexibility index (Phi) is 13.1. The van der Waals surface area contributed by atoms with E-state index in [9.17, 15) is 35.4 Å². The van der Waals surface area contributed by atoms with Crippen LogP contribution in [-0.2, 0) is 28.5 Å². The first kappa shape index (κ1) is 29.3. The van der Waals surface area contributed by atoms with Crippen LogP contribution in [0.25, 0.3) is 0 Å². The Morgan fingerprint density at radius 3 is 2.09 bits per heavy atom. The lowest BCUT2D eigenvalue weighted by Gasteiger charge is -2.45. The second-order valence-electron chi connectivity index (χ2n) is 8.72. The molecule has 0 aromatic carbocycles. The van der Waals surface area contributed by atoms with Crippen molar-refractivity contribution in [1.29, 1.82) is 0 Å². The Balaban J connectivity index is 1.82. The lowest BCUT2D eigenvalue weighted by Crippen LogP contribution is -2.62. The van der Waals surface area contributed by atoms with Crippen molar-refractivity contribution in [2.24, 2.45) is 0 Å². The van der Waals surface area contributed by atoms with Gasteiger partial charge in [0.1, 0.15) is 36.6 Å². The fraction of sp³-hybridized carbons (Fsp3) is 0.955. The molecule has 2 rings (SSSR count). The highest BCUT2D eigenvalue weighted by molar-refractivity contribution is 5.68. The van der Waals surface area contributed by atoms with E-state index in [1.54, 1.807) is 0 Å². The molecule has 2 aliphatic rings. The molecule has 0 radical (unpaired) electrons.